The maximum Gasteiger partial charge on any atom is 0.260 e. The number of halogens is 2. The smallest absolute Gasteiger partial charge is 0.260 e. The Balaban J connectivity index is 1.74. The molecule has 1 saturated carbocycles. The third kappa shape index (κ3) is 5.21. The Kier molecular flexibility index (Phi) is 6.33. The van der Waals surface area contributed by atoms with E-state index in [9.17, 15) is 4.79 Å². The molecule has 0 spiro atoms. The molecule has 1 fully saturated rings. The molecular weight excluding hydrogens is 311 g/mol. The molecule has 1 aromatic carbocycles. The van der Waals surface area contributed by atoms with Crippen LogP contribution in [0.3, 0.4) is 0 Å². The van der Waals surface area contributed by atoms with Gasteiger partial charge in [-0.25, -0.2) is 0 Å². The van der Waals surface area contributed by atoms with E-state index in [0.29, 0.717) is 15.6 Å². The fraction of sp³-hybridized carbons (Fsp3) is 0.467. The summed E-state index contributed by atoms with van der Waals surface area (Å²) < 4.78 is 0. The van der Waals surface area contributed by atoms with Crippen LogP contribution in [0.1, 0.15) is 37.7 Å². The van der Waals surface area contributed by atoms with Crippen LogP contribution in [0, 0.1) is 0 Å². The zero-order valence-corrected chi connectivity index (χ0v) is 13.2. The Morgan fingerprint density at radius 3 is 2.86 bits per heavy atom. The second kappa shape index (κ2) is 8.25. The van der Waals surface area contributed by atoms with Gasteiger partial charge in [-0.05, 0) is 18.9 Å². The Bertz CT molecular complexity index is 514. The van der Waals surface area contributed by atoms with E-state index < -0.39 is 0 Å². The van der Waals surface area contributed by atoms with Crippen molar-refractivity contribution in [3.05, 3.63) is 33.8 Å². The molecule has 1 N–H and O–H groups in total. The predicted octanol–water partition coefficient (Wildman–Crippen LogP) is 3.79. The molecule has 0 aromatic heterocycles. The minimum absolute atomic E-state index is 0.0921. The summed E-state index contributed by atoms with van der Waals surface area (Å²) in [5.41, 5.74) is 0.650. The van der Waals surface area contributed by atoms with Crippen molar-refractivity contribution in [3.8, 4) is 0 Å². The van der Waals surface area contributed by atoms with E-state index in [4.69, 9.17) is 28.0 Å². The van der Waals surface area contributed by atoms with Crippen LogP contribution in [0.5, 0.6) is 0 Å². The maximum atomic E-state index is 11.7. The second-order valence-electron chi connectivity index (χ2n) is 5.05. The first-order chi connectivity index (χ1) is 10.2. The molecule has 0 heterocycles. The number of rotatable bonds is 5. The molecule has 114 valence electrons. The van der Waals surface area contributed by atoms with Gasteiger partial charge in [0.1, 0.15) is 0 Å². The Hall–Kier alpha value is -1.26. The van der Waals surface area contributed by atoms with Gasteiger partial charge in [0.2, 0.25) is 0 Å². The third-order valence-corrected chi connectivity index (χ3v) is 4.25. The zero-order chi connectivity index (χ0) is 15.1. The summed E-state index contributed by atoms with van der Waals surface area (Å²) in [5.74, 6) is -0.142. The minimum Gasteiger partial charge on any atom is -0.386 e. The van der Waals surface area contributed by atoms with E-state index in [2.05, 4.69) is 10.5 Å². The van der Waals surface area contributed by atoms with Crippen molar-refractivity contribution < 1.29 is 9.63 Å². The summed E-state index contributed by atoms with van der Waals surface area (Å²) in [5, 5.41) is 7.57. The molecule has 0 atom stereocenters. The molecule has 0 saturated heterocycles. The number of nitrogens with zero attached hydrogens (tertiary/aromatic N) is 1. The van der Waals surface area contributed by atoms with Gasteiger partial charge >= 0.3 is 0 Å². The molecule has 0 bridgehead atoms. The van der Waals surface area contributed by atoms with Crippen molar-refractivity contribution in [2.45, 2.75) is 38.1 Å². The lowest BCUT2D eigenvalue weighted by molar-refractivity contribution is -0.126. The molecule has 4 nitrogen and oxygen atoms in total. The van der Waals surface area contributed by atoms with Crippen LogP contribution in [0.15, 0.2) is 23.4 Å². The molecule has 1 aliphatic rings. The number of nitrogens with one attached hydrogen (secondary N) is 1. The van der Waals surface area contributed by atoms with Gasteiger partial charge in [0.25, 0.3) is 5.91 Å². The van der Waals surface area contributed by atoms with Crippen molar-refractivity contribution in [3.63, 3.8) is 0 Å². The van der Waals surface area contributed by atoms with Crippen molar-refractivity contribution in [1.29, 1.82) is 0 Å². The van der Waals surface area contributed by atoms with E-state index in [1.54, 1.807) is 18.2 Å². The van der Waals surface area contributed by atoms with E-state index in [1.807, 2.05) is 0 Å². The number of hydrogen-bond donors (Lipinski definition) is 1. The molecule has 6 heteroatoms. The molecule has 1 aliphatic carbocycles. The highest BCUT2D eigenvalue weighted by molar-refractivity contribution is 6.43. The minimum atomic E-state index is -0.142. The zero-order valence-electron chi connectivity index (χ0n) is 11.6. The molecule has 1 amide bonds. The highest BCUT2D eigenvalue weighted by Gasteiger charge is 2.15. The van der Waals surface area contributed by atoms with Gasteiger partial charge < -0.3 is 10.2 Å². The second-order valence-corrected chi connectivity index (χ2v) is 5.84. The molecule has 2 rings (SSSR count). The average molecular weight is 329 g/mol. The van der Waals surface area contributed by atoms with Gasteiger partial charge in [0.15, 0.2) is 6.61 Å². The number of hydrogen-bond acceptors (Lipinski definition) is 3. The summed E-state index contributed by atoms with van der Waals surface area (Å²) in [4.78, 5) is 16.7. The number of benzene rings is 1. The highest BCUT2D eigenvalue weighted by atomic mass is 35.5. The van der Waals surface area contributed by atoms with Crippen LogP contribution in [0.25, 0.3) is 0 Å². The van der Waals surface area contributed by atoms with Gasteiger partial charge in [-0.2, -0.15) is 0 Å². The van der Waals surface area contributed by atoms with Gasteiger partial charge in [0, 0.05) is 11.6 Å². The lowest BCUT2D eigenvalue weighted by Gasteiger charge is -2.22. The van der Waals surface area contributed by atoms with E-state index in [0.717, 1.165) is 12.8 Å². The lowest BCUT2D eigenvalue weighted by atomic mass is 9.95. The van der Waals surface area contributed by atoms with Crippen molar-refractivity contribution in [1.82, 2.24) is 5.32 Å². The standard InChI is InChI=1S/C15H18Cl2N2O2/c16-13-8-4-5-11(15(13)17)9-18-21-10-14(20)19-12-6-2-1-3-7-12/h4-5,8-9,12H,1-3,6-7,10H2,(H,19,20)/b18-9-. The van der Waals surface area contributed by atoms with Crippen LogP contribution >= 0.6 is 23.2 Å². The van der Waals surface area contributed by atoms with Crippen LogP contribution in [0.4, 0.5) is 0 Å². The van der Waals surface area contributed by atoms with Crippen LogP contribution < -0.4 is 5.32 Å². The third-order valence-electron chi connectivity index (χ3n) is 3.41. The molecule has 21 heavy (non-hydrogen) atoms. The Morgan fingerprint density at radius 1 is 1.33 bits per heavy atom. The maximum absolute atomic E-state index is 11.7. The Labute approximate surface area is 134 Å². The fourth-order valence-electron chi connectivity index (χ4n) is 2.33. The van der Waals surface area contributed by atoms with Crippen LogP contribution in [-0.2, 0) is 9.63 Å². The average Bonchev–Trinajstić information content (AvgIpc) is 2.49. The summed E-state index contributed by atoms with van der Waals surface area (Å²) in [7, 11) is 0. The largest absolute Gasteiger partial charge is 0.386 e. The van der Waals surface area contributed by atoms with E-state index >= 15 is 0 Å². The first-order valence-corrected chi connectivity index (χ1v) is 7.81. The number of carbonyl (C=O) groups excluding carboxylic acids is 1. The SMILES string of the molecule is O=C(CO/N=C\c1cccc(Cl)c1Cl)NC1CCCCC1. The number of amides is 1. The fourth-order valence-corrected chi connectivity index (χ4v) is 2.68. The van der Waals surface area contributed by atoms with Crippen LogP contribution in [0.2, 0.25) is 10.0 Å². The summed E-state index contributed by atoms with van der Waals surface area (Å²) in [6, 6.07) is 5.51. The predicted molar refractivity (Wildman–Crippen MR) is 85.0 cm³/mol. The van der Waals surface area contributed by atoms with Gasteiger partial charge in [0.05, 0.1) is 16.3 Å². The topological polar surface area (TPSA) is 50.7 Å². The molecular formula is C15H18Cl2N2O2. The van der Waals surface area contributed by atoms with E-state index in [-0.39, 0.29) is 18.6 Å². The van der Waals surface area contributed by atoms with Gasteiger partial charge in [-0.1, -0.05) is 59.8 Å². The molecule has 1 aromatic rings. The highest BCUT2D eigenvalue weighted by Crippen LogP contribution is 2.24. The normalized spacial score (nSPS) is 16.1. The summed E-state index contributed by atoms with van der Waals surface area (Å²) in [6.45, 7) is -0.0921. The van der Waals surface area contributed by atoms with Crippen molar-refractivity contribution in [2.75, 3.05) is 6.61 Å². The van der Waals surface area contributed by atoms with Gasteiger partial charge in [-0.15, -0.1) is 0 Å². The number of carbonyl (C=O) groups is 1. The first kappa shape index (κ1) is 16.1. The monoisotopic (exact) mass is 328 g/mol. The summed E-state index contributed by atoms with van der Waals surface area (Å²) >= 11 is 11.9. The Morgan fingerprint density at radius 2 is 2.10 bits per heavy atom. The molecule has 0 radical (unpaired) electrons. The number of oxime groups is 1. The molecule has 0 unspecified atom stereocenters. The quantitative estimate of drug-likeness (QED) is 0.660. The van der Waals surface area contributed by atoms with Gasteiger partial charge in [-0.3, -0.25) is 4.79 Å². The first-order valence-electron chi connectivity index (χ1n) is 7.05. The van der Waals surface area contributed by atoms with Crippen LogP contribution in [-0.4, -0.2) is 24.8 Å². The molecule has 0 aliphatic heterocycles. The van der Waals surface area contributed by atoms with Crippen molar-refractivity contribution >= 4 is 35.3 Å². The lowest BCUT2D eigenvalue weighted by Crippen LogP contribution is -2.38. The van der Waals surface area contributed by atoms with Crippen molar-refractivity contribution in [2.24, 2.45) is 5.16 Å². The summed E-state index contributed by atoms with van der Waals surface area (Å²) in [6.07, 6.45) is 7.16. The van der Waals surface area contributed by atoms with E-state index in [1.165, 1.54) is 25.5 Å².